The van der Waals surface area contributed by atoms with Crippen LogP contribution in [0.4, 0.5) is 24.5 Å². The minimum absolute atomic E-state index is 0.208. The highest BCUT2D eigenvalue weighted by Crippen LogP contribution is 2.32. The largest absolute Gasteiger partial charge is 0.449 e. The van der Waals surface area contributed by atoms with Crippen molar-refractivity contribution in [1.82, 2.24) is 9.55 Å². The Balaban J connectivity index is 1.62. The van der Waals surface area contributed by atoms with E-state index in [1.165, 1.54) is 12.1 Å². The van der Waals surface area contributed by atoms with Crippen LogP contribution < -0.4 is 10.2 Å². The van der Waals surface area contributed by atoms with Crippen LogP contribution in [0.25, 0.3) is 11.0 Å². The number of alkyl halides is 3. The van der Waals surface area contributed by atoms with E-state index in [0.29, 0.717) is 5.69 Å². The lowest BCUT2D eigenvalue weighted by atomic mass is 10.2. The van der Waals surface area contributed by atoms with Gasteiger partial charge in [-0.3, -0.25) is 4.79 Å². The number of rotatable bonds is 4. The maximum atomic E-state index is 13.4. The molecule has 0 saturated carbocycles. The molecule has 0 unspecified atom stereocenters. The molecule has 1 amide bonds. The van der Waals surface area contributed by atoms with E-state index in [4.69, 9.17) is 0 Å². The van der Waals surface area contributed by atoms with Gasteiger partial charge in [0.15, 0.2) is 0 Å². The Bertz CT molecular complexity index is 1010. The number of benzene rings is 2. The number of imidazole rings is 1. The molecule has 0 radical (unpaired) electrons. The Hall–Kier alpha value is -3.03. The van der Waals surface area contributed by atoms with Crippen molar-refractivity contribution in [2.24, 2.45) is 0 Å². The first-order chi connectivity index (χ1) is 13.4. The molecule has 2 heterocycles. The smallest absolute Gasteiger partial charge is 0.370 e. The van der Waals surface area contributed by atoms with Crippen molar-refractivity contribution in [2.75, 3.05) is 23.3 Å². The molecule has 1 aliphatic heterocycles. The Labute approximate surface area is 159 Å². The van der Waals surface area contributed by atoms with E-state index < -0.39 is 24.5 Å². The molecule has 8 heteroatoms. The van der Waals surface area contributed by atoms with Gasteiger partial charge in [0, 0.05) is 13.1 Å². The Morgan fingerprint density at radius 3 is 2.46 bits per heavy atom. The minimum atomic E-state index is -4.65. The van der Waals surface area contributed by atoms with Crippen molar-refractivity contribution in [3.05, 3.63) is 54.4 Å². The number of hydrogen-bond donors (Lipinski definition) is 1. The van der Waals surface area contributed by atoms with E-state index in [-0.39, 0.29) is 11.0 Å². The molecule has 1 aliphatic rings. The summed E-state index contributed by atoms with van der Waals surface area (Å²) in [6.45, 7) is 1.33. The fourth-order valence-corrected chi connectivity index (χ4v) is 3.60. The van der Waals surface area contributed by atoms with E-state index in [0.717, 1.165) is 36.2 Å². The summed E-state index contributed by atoms with van der Waals surface area (Å²) >= 11 is 0. The average molecular weight is 388 g/mol. The van der Waals surface area contributed by atoms with E-state index in [1.807, 2.05) is 12.1 Å². The van der Waals surface area contributed by atoms with Crippen LogP contribution in [0.2, 0.25) is 0 Å². The zero-order valence-electron chi connectivity index (χ0n) is 15.0. The van der Waals surface area contributed by atoms with Gasteiger partial charge in [0.2, 0.25) is 11.7 Å². The first-order valence-electron chi connectivity index (χ1n) is 9.10. The van der Waals surface area contributed by atoms with Gasteiger partial charge in [0.1, 0.15) is 6.54 Å². The summed E-state index contributed by atoms with van der Waals surface area (Å²) in [6, 6.07) is 13.6. The molecule has 0 aliphatic carbocycles. The van der Waals surface area contributed by atoms with Crippen LogP contribution >= 0.6 is 0 Å². The summed E-state index contributed by atoms with van der Waals surface area (Å²) in [5.41, 5.74) is 1.98. The zero-order chi connectivity index (χ0) is 19.7. The minimum Gasteiger partial charge on any atom is -0.370 e. The van der Waals surface area contributed by atoms with Crippen molar-refractivity contribution in [3.8, 4) is 0 Å². The van der Waals surface area contributed by atoms with Gasteiger partial charge in [-0.15, -0.1) is 0 Å². The lowest BCUT2D eigenvalue weighted by Crippen LogP contribution is -2.25. The van der Waals surface area contributed by atoms with E-state index in [1.54, 1.807) is 24.3 Å². The van der Waals surface area contributed by atoms with Crippen LogP contribution in [0.3, 0.4) is 0 Å². The molecule has 146 valence electrons. The molecule has 1 aromatic heterocycles. The third-order valence-corrected chi connectivity index (χ3v) is 4.83. The average Bonchev–Trinajstić information content (AvgIpc) is 3.30. The molecule has 1 fully saturated rings. The maximum Gasteiger partial charge on any atom is 0.449 e. The van der Waals surface area contributed by atoms with Crippen molar-refractivity contribution in [1.29, 1.82) is 0 Å². The fourth-order valence-electron chi connectivity index (χ4n) is 3.60. The molecular formula is C20H19F3N4O. The Morgan fingerprint density at radius 2 is 1.71 bits per heavy atom. The molecule has 0 spiro atoms. The number of amides is 1. The molecular weight excluding hydrogens is 369 g/mol. The predicted molar refractivity (Wildman–Crippen MR) is 101 cm³/mol. The van der Waals surface area contributed by atoms with Gasteiger partial charge in [-0.25, -0.2) is 4.98 Å². The van der Waals surface area contributed by atoms with E-state index in [9.17, 15) is 18.0 Å². The lowest BCUT2D eigenvalue weighted by Gasteiger charge is -2.21. The predicted octanol–water partition coefficient (Wildman–Crippen LogP) is 4.29. The summed E-state index contributed by atoms with van der Waals surface area (Å²) in [4.78, 5) is 18.5. The second-order valence-electron chi connectivity index (χ2n) is 6.77. The van der Waals surface area contributed by atoms with Crippen molar-refractivity contribution < 1.29 is 18.0 Å². The van der Waals surface area contributed by atoms with Gasteiger partial charge in [-0.05, 0) is 37.1 Å². The summed E-state index contributed by atoms with van der Waals surface area (Å²) in [5.74, 6) is -1.60. The summed E-state index contributed by atoms with van der Waals surface area (Å²) in [5, 5.41) is 2.77. The Morgan fingerprint density at radius 1 is 1.04 bits per heavy atom. The van der Waals surface area contributed by atoms with Gasteiger partial charge in [-0.1, -0.05) is 24.3 Å². The molecule has 0 atom stereocenters. The Kier molecular flexibility index (Phi) is 4.70. The number of nitrogens with one attached hydrogen (secondary N) is 1. The number of fused-ring (bicyclic) bond motifs is 1. The first-order valence-corrected chi connectivity index (χ1v) is 9.10. The quantitative estimate of drug-likeness (QED) is 0.725. The number of anilines is 2. The topological polar surface area (TPSA) is 50.2 Å². The number of carbonyl (C=O) groups is 1. The lowest BCUT2D eigenvalue weighted by molar-refractivity contribution is -0.147. The van der Waals surface area contributed by atoms with Crippen LogP contribution in [0.5, 0.6) is 0 Å². The van der Waals surface area contributed by atoms with Crippen molar-refractivity contribution in [2.45, 2.75) is 25.6 Å². The van der Waals surface area contributed by atoms with Crippen molar-refractivity contribution in [3.63, 3.8) is 0 Å². The standard InChI is InChI=1S/C20H19F3N4O/c21-20(22,23)19-25-15-8-2-4-10-17(15)27(19)13-18(28)24-14-7-1-3-9-16(14)26-11-5-6-12-26/h1-4,7-10H,5-6,11-13H2,(H,24,28). The van der Waals surface area contributed by atoms with Crippen LogP contribution in [-0.2, 0) is 17.5 Å². The monoisotopic (exact) mass is 388 g/mol. The summed E-state index contributed by atoms with van der Waals surface area (Å²) < 4.78 is 41.2. The normalized spacial score (nSPS) is 14.6. The number of aromatic nitrogens is 2. The fraction of sp³-hybridized carbons (Fsp3) is 0.300. The first kappa shape index (κ1) is 18.3. The summed E-state index contributed by atoms with van der Waals surface area (Å²) in [7, 11) is 0. The van der Waals surface area contributed by atoms with Crippen molar-refractivity contribution >= 4 is 28.3 Å². The molecule has 1 N–H and O–H groups in total. The number of halogens is 3. The van der Waals surface area contributed by atoms with Gasteiger partial charge < -0.3 is 14.8 Å². The van der Waals surface area contributed by atoms with Gasteiger partial charge in [0.05, 0.1) is 22.4 Å². The number of para-hydroxylation sites is 4. The number of nitrogens with zero attached hydrogens (tertiary/aromatic N) is 3. The molecule has 0 bridgehead atoms. The molecule has 1 saturated heterocycles. The molecule has 4 rings (SSSR count). The molecule has 5 nitrogen and oxygen atoms in total. The highest BCUT2D eigenvalue weighted by Gasteiger charge is 2.38. The van der Waals surface area contributed by atoms with Crippen LogP contribution in [-0.4, -0.2) is 28.5 Å². The number of hydrogen-bond acceptors (Lipinski definition) is 3. The highest BCUT2D eigenvalue weighted by molar-refractivity contribution is 5.95. The summed E-state index contributed by atoms with van der Waals surface area (Å²) in [6.07, 6.45) is -2.48. The van der Waals surface area contributed by atoms with Crippen LogP contribution in [0.1, 0.15) is 18.7 Å². The van der Waals surface area contributed by atoms with E-state index in [2.05, 4.69) is 15.2 Å². The van der Waals surface area contributed by atoms with E-state index >= 15 is 0 Å². The second-order valence-corrected chi connectivity index (χ2v) is 6.77. The SMILES string of the molecule is O=C(Cn1c(C(F)(F)F)nc2ccccc21)Nc1ccccc1N1CCCC1. The second kappa shape index (κ2) is 7.18. The van der Waals surface area contributed by atoms with Gasteiger partial charge in [-0.2, -0.15) is 13.2 Å². The van der Waals surface area contributed by atoms with Gasteiger partial charge >= 0.3 is 6.18 Å². The molecule has 28 heavy (non-hydrogen) atoms. The third kappa shape index (κ3) is 3.54. The van der Waals surface area contributed by atoms with Crippen LogP contribution in [0.15, 0.2) is 48.5 Å². The molecule has 2 aromatic carbocycles. The zero-order valence-corrected chi connectivity index (χ0v) is 15.0. The number of carbonyl (C=O) groups excluding carboxylic acids is 1. The molecule has 3 aromatic rings. The highest BCUT2D eigenvalue weighted by atomic mass is 19.4. The maximum absolute atomic E-state index is 13.4. The van der Waals surface area contributed by atoms with Crippen LogP contribution in [0, 0.1) is 0 Å². The van der Waals surface area contributed by atoms with Gasteiger partial charge in [0.25, 0.3) is 0 Å². The third-order valence-electron chi connectivity index (χ3n) is 4.83.